The monoisotopic (exact) mass is 421 g/mol. The molecule has 7 heteroatoms. The second kappa shape index (κ2) is 11.3. The van der Waals surface area contributed by atoms with Crippen molar-refractivity contribution in [2.45, 2.75) is 18.0 Å². The summed E-state index contributed by atoms with van der Waals surface area (Å²) in [5.41, 5.74) is 4.28. The molecule has 0 atom stereocenters. The van der Waals surface area contributed by atoms with Gasteiger partial charge in [-0.2, -0.15) is 5.26 Å². The summed E-state index contributed by atoms with van der Waals surface area (Å²) in [6.45, 7) is 0.716. The van der Waals surface area contributed by atoms with Crippen LogP contribution in [0.25, 0.3) is 22.5 Å². The quantitative estimate of drug-likeness (QED) is 0.127. The van der Waals surface area contributed by atoms with E-state index >= 15 is 0 Å². The van der Waals surface area contributed by atoms with Gasteiger partial charge in [0.1, 0.15) is 0 Å². The maximum absolute atomic E-state index is 8.65. The molecule has 5 nitrogen and oxygen atoms in total. The number of nitrogens with zero attached hydrogens (tertiary/aromatic N) is 3. The van der Waals surface area contributed by atoms with Crippen molar-refractivity contribution in [2.24, 2.45) is 4.99 Å². The maximum atomic E-state index is 8.65. The lowest BCUT2D eigenvalue weighted by Gasteiger charge is -2.02. The second-order valence-electron chi connectivity index (χ2n) is 6.18. The van der Waals surface area contributed by atoms with E-state index in [0.717, 1.165) is 46.3 Å². The Morgan fingerprint density at radius 3 is 2.41 bits per heavy atom. The number of nitrogens with one attached hydrogen (secondary N) is 2. The Balaban J connectivity index is 1.63. The van der Waals surface area contributed by atoms with Crippen molar-refractivity contribution in [1.82, 2.24) is 15.3 Å². The van der Waals surface area contributed by atoms with Crippen molar-refractivity contribution in [3.05, 3.63) is 60.7 Å². The van der Waals surface area contributed by atoms with Crippen LogP contribution < -0.4 is 5.32 Å². The van der Waals surface area contributed by atoms with Crippen LogP contribution in [-0.4, -0.2) is 33.7 Å². The molecule has 0 unspecified atom stereocenters. The molecule has 3 aromatic rings. The number of thioether (sulfide) groups is 2. The van der Waals surface area contributed by atoms with E-state index in [2.05, 4.69) is 39.6 Å². The van der Waals surface area contributed by atoms with Crippen LogP contribution in [0.2, 0.25) is 0 Å². The lowest BCUT2D eigenvalue weighted by Crippen LogP contribution is -2.13. The van der Waals surface area contributed by atoms with Crippen LogP contribution in [0.4, 0.5) is 0 Å². The minimum atomic E-state index is 0.672. The van der Waals surface area contributed by atoms with Crippen molar-refractivity contribution in [3.8, 4) is 28.7 Å². The third-order valence-corrected chi connectivity index (χ3v) is 5.77. The predicted molar refractivity (Wildman–Crippen MR) is 124 cm³/mol. The molecule has 0 spiro atoms. The molecule has 1 heterocycles. The van der Waals surface area contributed by atoms with Crippen molar-refractivity contribution >= 4 is 28.7 Å². The van der Waals surface area contributed by atoms with Gasteiger partial charge in [-0.25, -0.2) is 4.98 Å². The van der Waals surface area contributed by atoms with Crippen LogP contribution in [0.15, 0.2) is 70.8 Å². The highest BCUT2D eigenvalue weighted by molar-refractivity contribution is 8.13. The first kappa shape index (κ1) is 21.0. The SMILES string of the molecule is CSC(=NCCCCSc1nc(-c2ccccc2)c(-c2ccccc2)[nH]1)NC#N. The lowest BCUT2D eigenvalue weighted by molar-refractivity contribution is 0.813. The Morgan fingerprint density at radius 2 is 1.76 bits per heavy atom. The number of aliphatic imine (C=N–C) groups is 1. The van der Waals surface area contributed by atoms with Crippen molar-refractivity contribution in [1.29, 1.82) is 5.26 Å². The molecule has 0 aliphatic rings. The fourth-order valence-corrected chi connectivity index (χ4v) is 4.04. The van der Waals surface area contributed by atoms with Gasteiger partial charge in [-0.3, -0.25) is 10.3 Å². The summed E-state index contributed by atoms with van der Waals surface area (Å²) < 4.78 is 0. The van der Waals surface area contributed by atoms with Gasteiger partial charge in [0, 0.05) is 23.4 Å². The normalized spacial score (nSPS) is 11.2. The van der Waals surface area contributed by atoms with E-state index in [1.54, 1.807) is 11.8 Å². The van der Waals surface area contributed by atoms with Gasteiger partial charge in [0.25, 0.3) is 0 Å². The first-order chi connectivity index (χ1) is 14.3. The standard InChI is InChI=1S/C22H23N5S2/c1-28-21(25-16-23)24-14-8-9-15-29-22-26-19(17-10-4-2-5-11-17)20(27-22)18-12-6-3-7-13-18/h2-7,10-13H,8-9,14-15H2,1H3,(H,24,25)(H,26,27). The number of amidine groups is 1. The van der Waals surface area contributed by atoms with E-state index < -0.39 is 0 Å². The molecular weight excluding hydrogens is 398 g/mol. The number of hydrogen-bond acceptors (Lipinski definition) is 5. The van der Waals surface area contributed by atoms with Crippen LogP contribution in [0.3, 0.4) is 0 Å². The number of aromatic nitrogens is 2. The smallest absolute Gasteiger partial charge is 0.183 e. The summed E-state index contributed by atoms with van der Waals surface area (Å²) in [6, 6.07) is 20.6. The van der Waals surface area contributed by atoms with E-state index in [-0.39, 0.29) is 0 Å². The van der Waals surface area contributed by atoms with Crippen molar-refractivity contribution in [3.63, 3.8) is 0 Å². The Kier molecular flexibility index (Phi) is 8.23. The van der Waals surface area contributed by atoms with Gasteiger partial charge in [0.05, 0.1) is 11.4 Å². The lowest BCUT2D eigenvalue weighted by atomic mass is 10.1. The Hall–Kier alpha value is -2.69. The molecule has 2 N–H and O–H groups in total. The Morgan fingerprint density at radius 1 is 1.07 bits per heavy atom. The van der Waals surface area contributed by atoms with Crippen LogP contribution in [0.5, 0.6) is 0 Å². The number of H-pyrrole nitrogens is 1. The number of benzene rings is 2. The molecule has 0 aliphatic heterocycles. The van der Waals surface area contributed by atoms with Gasteiger partial charge in [0.15, 0.2) is 16.5 Å². The van der Waals surface area contributed by atoms with Gasteiger partial charge in [-0.1, -0.05) is 84.2 Å². The second-order valence-corrected chi connectivity index (χ2v) is 8.06. The topological polar surface area (TPSA) is 76.9 Å². The molecule has 0 aliphatic carbocycles. The highest BCUT2D eigenvalue weighted by atomic mass is 32.2. The zero-order chi connectivity index (χ0) is 20.3. The molecule has 3 rings (SSSR count). The van der Waals surface area contributed by atoms with E-state index in [1.807, 2.05) is 48.8 Å². The Labute approximate surface area is 180 Å². The molecular formula is C22H23N5S2. The van der Waals surface area contributed by atoms with Crippen molar-refractivity contribution < 1.29 is 0 Å². The summed E-state index contributed by atoms with van der Waals surface area (Å²) in [7, 11) is 0. The minimum absolute atomic E-state index is 0.672. The average Bonchev–Trinajstić information content (AvgIpc) is 3.21. The molecule has 0 fully saturated rings. The van der Waals surface area contributed by atoms with Crippen LogP contribution >= 0.6 is 23.5 Å². The predicted octanol–water partition coefficient (Wildman–Crippen LogP) is 5.41. The molecule has 0 bridgehead atoms. The molecule has 29 heavy (non-hydrogen) atoms. The first-order valence-corrected chi connectivity index (χ1v) is 11.6. The molecule has 0 amide bonds. The van der Waals surface area contributed by atoms with Crippen molar-refractivity contribution in [2.75, 3.05) is 18.6 Å². The third-order valence-electron chi connectivity index (χ3n) is 4.19. The maximum Gasteiger partial charge on any atom is 0.183 e. The number of aromatic amines is 1. The van der Waals surface area contributed by atoms with Crippen LogP contribution in [0, 0.1) is 11.5 Å². The Bertz CT molecular complexity index is 905. The molecule has 0 saturated heterocycles. The first-order valence-electron chi connectivity index (χ1n) is 9.39. The number of hydrogen-bond donors (Lipinski definition) is 2. The van der Waals surface area contributed by atoms with Gasteiger partial charge < -0.3 is 4.98 Å². The third kappa shape index (κ3) is 6.14. The average molecular weight is 422 g/mol. The van der Waals surface area contributed by atoms with Crippen LogP contribution in [0.1, 0.15) is 12.8 Å². The summed E-state index contributed by atoms with van der Waals surface area (Å²) in [6.07, 6.45) is 5.82. The number of nitriles is 1. The highest BCUT2D eigenvalue weighted by Gasteiger charge is 2.14. The fraction of sp³-hybridized carbons (Fsp3) is 0.227. The summed E-state index contributed by atoms with van der Waals surface area (Å²) in [4.78, 5) is 12.8. The van der Waals surface area contributed by atoms with E-state index in [9.17, 15) is 0 Å². The molecule has 1 aromatic heterocycles. The molecule has 0 radical (unpaired) electrons. The zero-order valence-electron chi connectivity index (χ0n) is 16.3. The highest BCUT2D eigenvalue weighted by Crippen LogP contribution is 2.32. The summed E-state index contributed by atoms with van der Waals surface area (Å²) in [5, 5.41) is 12.8. The van der Waals surface area contributed by atoms with E-state index in [0.29, 0.717) is 11.7 Å². The summed E-state index contributed by atoms with van der Waals surface area (Å²) in [5.74, 6) is 0.964. The van der Waals surface area contributed by atoms with Gasteiger partial charge in [-0.15, -0.1) is 0 Å². The fourth-order valence-electron chi connectivity index (χ4n) is 2.80. The molecule has 148 valence electrons. The van der Waals surface area contributed by atoms with Gasteiger partial charge in [-0.05, 0) is 19.1 Å². The molecule has 0 saturated carbocycles. The summed E-state index contributed by atoms with van der Waals surface area (Å²) >= 11 is 3.18. The van der Waals surface area contributed by atoms with Gasteiger partial charge >= 0.3 is 0 Å². The largest absolute Gasteiger partial charge is 0.332 e. The van der Waals surface area contributed by atoms with Gasteiger partial charge in [0.2, 0.25) is 0 Å². The van der Waals surface area contributed by atoms with Crippen LogP contribution in [-0.2, 0) is 0 Å². The molecule has 2 aromatic carbocycles. The van der Waals surface area contributed by atoms with E-state index in [4.69, 9.17) is 10.2 Å². The van der Waals surface area contributed by atoms with E-state index in [1.165, 1.54) is 11.8 Å². The zero-order valence-corrected chi connectivity index (χ0v) is 17.9. The number of rotatable bonds is 8. The minimum Gasteiger partial charge on any atom is -0.332 e. The number of imidazole rings is 1. The number of unbranched alkanes of at least 4 members (excludes halogenated alkanes) is 1.